The van der Waals surface area contributed by atoms with Crippen LogP contribution in [-0.2, 0) is 12.7 Å². The highest BCUT2D eigenvalue weighted by Gasteiger charge is 2.35. The molecule has 4 nitrogen and oxygen atoms in total. The van der Waals surface area contributed by atoms with E-state index in [-0.39, 0.29) is 17.4 Å². The summed E-state index contributed by atoms with van der Waals surface area (Å²) in [5, 5.41) is 7.75. The highest BCUT2D eigenvalue weighted by Crippen LogP contribution is 2.33. The SMILES string of the molecule is Cc1ccc(CNc2nnc(C(F)(F)F)s2)c(OCC(F)(F)F)c1. The van der Waals surface area contributed by atoms with Crippen LogP contribution in [0.2, 0.25) is 0 Å². The first-order valence-electron chi connectivity index (χ1n) is 6.48. The lowest BCUT2D eigenvalue weighted by molar-refractivity contribution is -0.153. The summed E-state index contributed by atoms with van der Waals surface area (Å²) in [6, 6.07) is 4.60. The number of hydrogen-bond acceptors (Lipinski definition) is 5. The van der Waals surface area contributed by atoms with E-state index in [0.717, 1.165) is 0 Å². The van der Waals surface area contributed by atoms with E-state index in [1.807, 2.05) is 0 Å². The van der Waals surface area contributed by atoms with Crippen LogP contribution in [0.15, 0.2) is 18.2 Å². The molecule has 1 N–H and O–H groups in total. The third-order valence-corrected chi connectivity index (χ3v) is 3.64. The van der Waals surface area contributed by atoms with E-state index in [9.17, 15) is 26.3 Å². The number of nitrogens with zero attached hydrogens (tertiary/aromatic N) is 2. The zero-order valence-corrected chi connectivity index (χ0v) is 12.9. The van der Waals surface area contributed by atoms with Gasteiger partial charge in [0.15, 0.2) is 6.61 Å². The van der Waals surface area contributed by atoms with Gasteiger partial charge in [0, 0.05) is 12.1 Å². The van der Waals surface area contributed by atoms with Crippen molar-refractivity contribution in [2.75, 3.05) is 11.9 Å². The normalized spacial score (nSPS) is 12.3. The van der Waals surface area contributed by atoms with E-state index in [0.29, 0.717) is 22.5 Å². The minimum absolute atomic E-state index is 0.000357. The van der Waals surface area contributed by atoms with Crippen molar-refractivity contribution < 1.29 is 31.1 Å². The van der Waals surface area contributed by atoms with Crippen molar-refractivity contribution in [1.82, 2.24) is 10.2 Å². The number of benzene rings is 1. The summed E-state index contributed by atoms with van der Waals surface area (Å²) < 4.78 is 78.9. The average molecular weight is 371 g/mol. The number of halogens is 6. The van der Waals surface area contributed by atoms with Gasteiger partial charge in [-0.25, -0.2) is 0 Å². The van der Waals surface area contributed by atoms with Crippen LogP contribution in [0.25, 0.3) is 0 Å². The number of anilines is 1. The van der Waals surface area contributed by atoms with Crippen molar-refractivity contribution in [1.29, 1.82) is 0 Å². The van der Waals surface area contributed by atoms with Crippen molar-refractivity contribution in [2.45, 2.75) is 25.8 Å². The van der Waals surface area contributed by atoms with Crippen LogP contribution in [0.3, 0.4) is 0 Å². The van der Waals surface area contributed by atoms with Gasteiger partial charge in [-0.1, -0.05) is 23.5 Å². The molecule has 0 saturated carbocycles. The summed E-state index contributed by atoms with van der Waals surface area (Å²) in [7, 11) is 0. The van der Waals surface area contributed by atoms with Crippen molar-refractivity contribution in [3.8, 4) is 5.75 Å². The number of rotatable bonds is 5. The van der Waals surface area contributed by atoms with Gasteiger partial charge in [-0.05, 0) is 18.6 Å². The molecule has 0 aliphatic carbocycles. The third-order valence-electron chi connectivity index (χ3n) is 2.71. The third kappa shape index (κ3) is 5.25. The number of ether oxygens (including phenoxy) is 1. The highest BCUT2D eigenvalue weighted by atomic mass is 32.1. The first kappa shape index (κ1) is 18.3. The number of aryl methyl sites for hydroxylation is 1. The Kier molecular flexibility index (Phi) is 5.21. The van der Waals surface area contributed by atoms with Gasteiger partial charge in [0.25, 0.3) is 0 Å². The van der Waals surface area contributed by atoms with Crippen molar-refractivity contribution in [3.05, 3.63) is 34.3 Å². The van der Waals surface area contributed by atoms with E-state index in [1.54, 1.807) is 13.0 Å². The maximum Gasteiger partial charge on any atom is 0.445 e. The molecule has 1 heterocycles. The summed E-state index contributed by atoms with van der Waals surface area (Å²) >= 11 is 0.307. The first-order chi connectivity index (χ1) is 11.0. The quantitative estimate of drug-likeness (QED) is 0.791. The minimum Gasteiger partial charge on any atom is -0.484 e. The molecule has 24 heavy (non-hydrogen) atoms. The molecule has 11 heteroatoms. The predicted octanol–water partition coefficient (Wildman–Crippen LogP) is 4.42. The lowest BCUT2D eigenvalue weighted by Gasteiger charge is -2.14. The Morgan fingerprint density at radius 2 is 1.83 bits per heavy atom. The number of hydrogen-bond donors (Lipinski definition) is 1. The Morgan fingerprint density at radius 3 is 2.42 bits per heavy atom. The maximum atomic E-state index is 12.4. The molecule has 0 saturated heterocycles. The first-order valence-corrected chi connectivity index (χ1v) is 7.30. The summed E-state index contributed by atoms with van der Waals surface area (Å²) in [5.74, 6) is 0.000357. The molecule has 0 atom stereocenters. The summed E-state index contributed by atoms with van der Waals surface area (Å²) in [4.78, 5) is 0. The zero-order valence-electron chi connectivity index (χ0n) is 12.1. The molecule has 1 aromatic carbocycles. The van der Waals surface area contributed by atoms with E-state index >= 15 is 0 Å². The summed E-state index contributed by atoms with van der Waals surface area (Å²) in [5.41, 5.74) is 1.04. The van der Waals surface area contributed by atoms with Gasteiger partial charge in [-0.2, -0.15) is 26.3 Å². The van der Waals surface area contributed by atoms with Crippen LogP contribution >= 0.6 is 11.3 Å². The second-order valence-electron chi connectivity index (χ2n) is 4.78. The van der Waals surface area contributed by atoms with Crippen LogP contribution < -0.4 is 10.1 Å². The second kappa shape index (κ2) is 6.83. The molecule has 2 aromatic rings. The maximum absolute atomic E-state index is 12.4. The molecule has 0 aliphatic rings. The number of nitrogens with one attached hydrogen (secondary N) is 1. The molecule has 0 fully saturated rings. The van der Waals surface area contributed by atoms with Crippen molar-refractivity contribution in [2.24, 2.45) is 0 Å². The zero-order chi connectivity index (χ0) is 18.0. The molecule has 132 valence electrons. The van der Waals surface area contributed by atoms with Crippen LogP contribution in [0.1, 0.15) is 16.1 Å². The molecule has 0 radical (unpaired) electrons. The highest BCUT2D eigenvalue weighted by molar-refractivity contribution is 7.15. The lowest BCUT2D eigenvalue weighted by Crippen LogP contribution is -2.20. The Labute approximate surface area is 136 Å². The van der Waals surface area contributed by atoms with Gasteiger partial charge in [0.2, 0.25) is 10.1 Å². The smallest absolute Gasteiger partial charge is 0.445 e. The Morgan fingerprint density at radius 1 is 1.12 bits per heavy atom. The minimum atomic E-state index is -4.59. The summed E-state index contributed by atoms with van der Waals surface area (Å²) in [6.07, 6.45) is -9.09. The fourth-order valence-electron chi connectivity index (χ4n) is 1.68. The predicted molar refractivity (Wildman–Crippen MR) is 75.0 cm³/mol. The molecular formula is C13H11F6N3OS. The van der Waals surface area contributed by atoms with Crippen LogP contribution in [0, 0.1) is 6.92 Å². The molecule has 0 unspecified atom stereocenters. The topological polar surface area (TPSA) is 47.0 Å². The molecular weight excluding hydrogens is 360 g/mol. The largest absolute Gasteiger partial charge is 0.484 e. The van der Waals surface area contributed by atoms with Crippen LogP contribution in [0.5, 0.6) is 5.75 Å². The van der Waals surface area contributed by atoms with Crippen molar-refractivity contribution in [3.63, 3.8) is 0 Å². The Hall–Kier alpha value is -2.04. The molecule has 1 aromatic heterocycles. The fraction of sp³-hybridized carbons (Fsp3) is 0.385. The molecule has 2 rings (SSSR count). The fourth-order valence-corrected chi connectivity index (χ4v) is 2.29. The number of aromatic nitrogens is 2. The lowest BCUT2D eigenvalue weighted by atomic mass is 10.1. The van der Waals surface area contributed by atoms with Gasteiger partial charge >= 0.3 is 12.4 Å². The second-order valence-corrected chi connectivity index (χ2v) is 5.76. The van der Waals surface area contributed by atoms with Gasteiger partial charge in [0.05, 0.1) is 0 Å². The van der Waals surface area contributed by atoms with Gasteiger partial charge < -0.3 is 10.1 Å². The molecule has 0 bridgehead atoms. The van der Waals surface area contributed by atoms with E-state index in [2.05, 4.69) is 15.5 Å². The van der Waals surface area contributed by atoms with E-state index in [1.165, 1.54) is 12.1 Å². The molecule has 0 aliphatic heterocycles. The van der Waals surface area contributed by atoms with Crippen molar-refractivity contribution >= 4 is 16.5 Å². The van der Waals surface area contributed by atoms with Gasteiger partial charge in [-0.3, -0.25) is 0 Å². The number of alkyl halides is 6. The Bertz CT molecular complexity index is 698. The van der Waals surface area contributed by atoms with Gasteiger partial charge in [0.1, 0.15) is 5.75 Å². The summed E-state index contributed by atoms with van der Waals surface area (Å²) in [6.45, 7) is 0.165. The molecule has 0 spiro atoms. The monoisotopic (exact) mass is 371 g/mol. The van der Waals surface area contributed by atoms with Gasteiger partial charge in [-0.15, -0.1) is 10.2 Å². The Balaban J connectivity index is 2.08. The molecule has 0 amide bonds. The van der Waals surface area contributed by atoms with E-state index < -0.39 is 24.0 Å². The average Bonchev–Trinajstić information content (AvgIpc) is 2.92. The van der Waals surface area contributed by atoms with E-state index in [4.69, 9.17) is 4.74 Å². The standard InChI is InChI=1S/C13H11F6N3OS/c1-7-2-3-8(9(4-7)23-6-12(14,15)16)5-20-11-22-21-10(24-11)13(17,18)19/h2-4H,5-6H2,1H3,(H,20,22). The van der Waals surface area contributed by atoms with Crippen LogP contribution in [-0.4, -0.2) is 23.0 Å². The van der Waals surface area contributed by atoms with Crippen LogP contribution in [0.4, 0.5) is 31.5 Å².